The minimum atomic E-state index is 0.461. The predicted molar refractivity (Wildman–Crippen MR) is 72.0 cm³/mol. The third-order valence-corrected chi connectivity index (χ3v) is 2.27. The molecule has 0 amide bonds. The molecular weight excluding hydrogens is 248 g/mol. The summed E-state index contributed by atoms with van der Waals surface area (Å²) in [5.74, 6) is 1.72. The summed E-state index contributed by atoms with van der Waals surface area (Å²) in [5, 5.41) is 2.28. The van der Waals surface area contributed by atoms with E-state index in [1.54, 1.807) is 25.4 Å². The summed E-state index contributed by atoms with van der Waals surface area (Å²) in [6.07, 6.45) is 1.56. The Labute approximate surface area is 110 Å². The first-order chi connectivity index (χ1) is 8.83. The summed E-state index contributed by atoms with van der Waals surface area (Å²) in [5.41, 5.74) is 0.636. The highest BCUT2D eigenvalue weighted by Gasteiger charge is 2.04. The van der Waals surface area contributed by atoms with Gasteiger partial charge in [-0.15, -0.1) is 0 Å². The molecule has 2 aromatic rings. The zero-order valence-corrected chi connectivity index (χ0v) is 10.5. The molecule has 0 aliphatic rings. The molecule has 0 saturated heterocycles. The maximum Gasteiger partial charge on any atom is 0.219 e. The van der Waals surface area contributed by atoms with Crippen LogP contribution in [0.3, 0.4) is 0 Å². The number of isothiocyanates is 1. The Morgan fingerprint density at radius 2 is 1.94 bits per heavy atom. The number of aliphatic imine (C=N–C) groups is 1. The first-order valence-corrected chi connectivity index (χ1v) is 5.59. The molecule has 18 heavy (non-hydrogen) atoms. The lowest BCUT2D eigenvalue weighted by Crippen LogP contribution is -1.91. The first-order valence-electron chi connectivity index (χ1n) is 5.18. The van der Waals surface area contributed by atoms with Gasteiger partial charge in [0.1, 0.15) is 0 Å². The average Bonchev–Trinajstić information content (AvgIpc) is 2.42. The van der Waals surface area contributed by atoms with Gasteiger partial charge in [0.25, 0.3) is 0 Å². The van der Waals surface area contributed by atoms with Gasteiger partial charge >= 0.3 is 0 Å². The number of aromatic nitrogens is 1. The molecule has 0 saturated carbocycles. The Bertz CT molecular complexity index is 578. The Balaban J connectivity index is 2.20. The molecule has 90 valence electrons. The van der Waals surface area contributed by atoms with Crippen molar-refractivity contribution >= 4 is 23.1 Å². The van der Waals surface area contributed by atoms with Crippen LogP contribution in [0.2, 0.25) is 0 Å². The van der Waals surface area contributed by atoms with Crippen molar-refractivity contribution in [2.45, 2.75) is 0 Å². The topological polar surface area (TPSA) is 43.7 Å². The highest BCUT2D eigenvalue weighted by molar-refractivity contribution is 7.78. The number of nitrogens with zero attached hydrogens (tertiary/aromatic N) is 2. The summed E-state index contributed by atoms with van der Waals surface area (Å²) in [7, 11) is 1.59. The van der Waals surface area contributed by atoms with Gasteiger partial charge in [-0.3, -0.25) is 0 Å². The van der Waals surface area contributed by atoms with E-state index in [-0.39, 0.29) is 0 Å². The molecule has 0 aliphatic carbocycles. The second-order valence-electron chi connectivity index (χ2n) is 3.31. The zero-order chi connectivity index (χ0) is 12.8. The third kappa shape index (κ3) is 2.91. The molecule has 0 radical (unpaired) electrons. The Morgan fingerprint density at radius 3 is 2.56 bits per heavy atom. The summed E-state index contributed by atoms with van der Waals surface area (Å²) >= 11 is 4.51. The smallest absolute Gasteiger partial charge is 0.219 e. The van der Waals surface area contributed by atoms with E-state index in [2.05, 4.69) is 27.4 Å². The summed E-state index contributed by atoms with van der Waals surface area (Å²) in [4.78, 5) is 7.92. The molecule has 0 fully saturated rings. The fourth-order valence-corrected chi connectivity index (χ4v) is 1.47. The number of para-hydroxylation sites is 2. The number of hydrogen-bond donors (Lipinski definition) is 0. The van der Waals surface area contributed by atoms with E-state index in [9.17, 15) is 0 Å². The van der Waals surface area contributed by atoms with Gasteiger partial charge in [-0.25, -0.2) is 4.98 Å². The number of hydrogen-bond acceptors (Lipinski definition) is 5. The van der Waals surface area contributed by atoms with E-state index in [0.29, 0.717) is 23.1 Å². The quantitative estimate of drug-likeness (QED) is 0.620. The molecule has 1 aromatic heterocycles. The van der Waals surface area contributed by atoms with Gasteiger partial charge in [-0.2, -0.15) is 4.99 Å². The molecule has 5 heteroatoms. The van der Waals surface area contributed by atoms with Crippen molar-refractivity contribution in [3.63, 3.8) is 0 Å². The maximum atomic E-state index is 5.61. The normalized spacial score (nSPS) is 9.39. The van der Waals surface area contributed by atoms with E-state index in [1.807, 2.05) is 24.3 Å². The SMILES string of the molecule is COc1ccccc1Oc1ccc(N=C=S)cn1. The summed E-state index contributed by atoms with van der Waals surface area (Å²) < 4.78 is 10.8. The van der Waals surface area contributed by atoms with Gasteiger partial charge in [-0.1, -0.05) is 12.1 Å². The van der Waals surface area contributed by atoms with Crippen LogP contribution in [0.4, 0.5) is 5.69 Å². The molecule has 1 heterocycles. The van der Waals surface area contributed by atoms with Crippen molar-refractivity contribution in [1.29, 1.82) is 0 Å². The third-order valence-electron chi connectivity index (χ3n) is 2.18. The number of methoxy groups -OCH3 is 1. The lowest BCUT2D eigenvalue weighted by molar-refractivity contribution is 0.374. The standard InChI is InChI=1S/C13H10N2O2S/c1-16-11-4-2-3-5-12(11)17-13-7-6-10(8-14-13)15-9-18/h2-8H,1H3. The van der Waals surface area contributed by atoms with Crippen LogP contribution < -0.4 is 9.47 Å². The van der Waals surface area contributed by atoms with Gasteiger partial charge in [0, 0.05) is 6.07 Å². The van der Waals surface area contributed by atoms with E-state index >= 15 is 0 Å². The molecule has 0 atom stereocenters. The van der Waals surface area contributed by atoms with Crippen molar-refractivity contribution in [1.82, 2.24) is 4.98 Å². The Kier molecular flexibility index (Phi) is 4.02. The van der Waals surface area contributed by atoms with Crippen LogP contribution in [0.5, 0.6) is 17.4 Å². The molecule has 4 nitrogen and oxygen atoms in total. The van der Waals surface area contributed by atoms with Gasteiger partial charge < -0.3 is 9.47 Å². The number of pyridine rings is 1. The fourth-order valence-electron chi connectivity index (χ4n) is 1.37. The molecule has 0 bridgehead atoms. The molecule has 2 rings (SSSR count). The largest absolute Gasteiger partial charge is 0.493 e. The van der Waals surface area contributed by atoms with Crippen molar-refractivity contribution in [3.8, 4) is 17.4 Å². The fraction of sp³-hybridized carbons (Fsp3) is 0.0769. The lowest BCUT2D eigenvalue weighted by atomic mass is 10.3. The van der Waals surface area contributed by atoms with Crippen LogP contribution in [0, 0.1) is 0 Å². The van der Waals surface area contributed by atoms with Crippen LogP contribution in [0.25, 0.3) is 0 Å². The number of benzene rings is 1. The summed E-state index contributed by atoms with van der Waals surface area (Å²) in [6, 6.07) is 10.8. The second kappa shape index (κ2) is 5.91. The molecule has 0 aliphatic heterocycles. The molecule has 1 aromatic carbocycles. The minimum absolute atomic E-state index is 0.461. The van der Waals surface area contributed by atoms with Crippen molar-refractivity contribution in [3.05, 3.63) is 42.6 Å². The van der Waals surface area contributed by atoms with Crippen LogP contribution in [-0.2, 0) is 0 Å². The van der Waals surface area contributed by atoms with E-state index in [4.69, 9.17) is 9.47 Å². The van der Waals surface area contributed by atoms with Crippen LogP contribution in [0.1, 0.15) is 0 Å². The summed E-state index contributed by atoms with van der Waals surface area (Å²) in [6.45, 7) is 0. The molecule has 0 unspecified atom stereocenters. The van der Waals surface area contributed by atoms with Crippen LogP contribution >= 0.6 is 12.2 Å². The Hall–Kier alpha value is -2.23. The number of ether oxygens (including phenoxy) is 2. The first kappa shape index (κ1) is 12.2. The van der Waals surface area contributed by atoms with E-state index in [0.717, 1.165) is 0 Å². The van der Waals surface area contributed by atoms with Crippen LogP contribution in [0.15, 0.2) is 47.6 Å². The lowest BCUT2D eigenvalue weighted by Gasteiger charge is -2.08. The predicted octanol–water partition coefficient (Wildman–Crippen LogP) is 3.62. The highest BCUT2D eigenvalue weighted by Crippen LogP contribution is 2.30. The highest BCUT2D eigenvalue weighted by atomic mass is 32.1. The van der Waals surface area contributed by atoms with Gasteiger partial charge in [0.15, 0.2) is 11.5 Å². The van der Waals surface area contributed by atoms with Crippen LogP contribution in [-0.4, -0.2) is 17.3 Å². The second-order valence-corrected chi connectivity index (χ2v) is 3.49. The monoisotopic (exact) mass is 258 g/mol. The zero-order valence-electron chi connectivity index (χ0n) is 9.66. The van der Waals surface area contributed by atoms with Gasteiger partial charge in [-0.05, 0) is 30.4 Å². The molecule has 0 spiro atoms. The van der Waals surface area contributed by atoms with Crippen molar-refractivity contribution < 1.29 is 9.47 Å². The van der Waals surface area contributed by atoms with Gasteiger partial charge in [0.2, 0.25) is 5.88 Å². The van der Waals surface area contributed by atoms with Crippen molar-refractivity contribution in [2.24, 2.45) is 4.99 Å². The molecule has 0 N–H and O–H groups in total. The number of rotatable bonds is 4. The Morgan fingerprint density at radius 1 is 1.17 bits per heavy atom. The van der Waals surface area contributed by atoms with E-state index < -0.39 is 0 Å². The average molecular weight is 258 g/mol. The van der Waals surface area contributed by atoms with Gasteiger partial charge in [0.05, 0.1) is 24.2 Å². The molecular formula is C13H10N2O2S. The minimum Gasteiger partial charge on any atom is -0.493 e. The maximum absolute atomic E-state index is 5.61. The van der Waals surface area contributed by atoms with E-state index in [1.165, 1.54) is 0 Å². The number of thiocarbonyl (C=S) groups is 1. The van der Waals surface area contributed by atoms with Crippen molar-refractivity contribution in [2.75, 3.05) is 7.11 Å².